The first kappa shape index (κ1) is 23.5. The number of anilines is 1. The quantitative estimate of drug-likeness (QED) is 0.457. The normalized spacial score (nSPS) is 21.5. The van der Waals surface area contributed by atoms with Crippen LogP contribution in [-0.4, -0.2) is 63.1 Å². The maximum atomic E-state index is 13.7. The number of piperidine rings is 1. The second-order valence-electron chi connectivity index (χ2n) is 8.82. The number of hydrogen-bond donors (Lipinski definition) is 0. The summed E-state index contributed by atoms with van der Waals surface area (Å²) in [4.78, 5) is 35.9. The van der Waals surface area contributed by atoms with Crippen molar-refractivity contribution in [3.8, 4) is 0 Å². The minimum absolute atomic E-state index is 0.145. The molecule has 10 heteroatoms. The Kier molecular flexibility index (Phi) is 6.49. The van der Waals surface area contributed by atoms with E-state index in [1.165, 1.54) is 11.8 Å². The highest BCUT2D eigenvalue weighted by molar-refractivity contribution is 8.26. The summed E-state index contributed by atoms with van der Waals surface area (Å²) in [5.74, 6) is -0.0837. The third kappa shape index (κ3) is 4.17. The molecule has 3 aliphatic heterocycles. The van der Waals surface area contributed by atoms with Gasteiger partial charge in [-0.15, -0.1) is 0 Å². The van der Waals surface area contributed by atoms with Gasteiger partial charge in [0.2, 0.25) is 0 Å². The Balaban J connectivity index is 1.56. The van der Waals surface area contributed by atoms with E-state index < -0.39 is 5.79 Å². The van der Waals surface area contributed by atoms with Crippen molar-refractivity contribution < 1.29 is 14.3 Å². The van der Waals surface area contributed by atoms with Crippen LogP contribution in [0.1, 0.15) is 43.7 Å². The number of aromatic nitrogens is 2. The van der Waals surface area contributed by atoms with Gasteiger partial charge < -0.3 is 14.4 Å². The predicted molar refractivity (Wildman–Crippen MR) is 137 cm³/mol. The molecule has 3 fully saturated rings. The van der Waals surface area contributed by atoms with E-state index in [0.717, 1.165) is 18.4 Å². The molecule has 8 nitrogen and oxygen atoms in total. The highest BCUT2D eigenvalue weighted by Gasteiger charge is 2.41. The third-order valence-electron chi connectivity index (χ3n) is 6.59. The number of thiocarbonyl (C=S) groups is 1. The van der Waals surface area contributed by atoms with Gasteiger partial charge in [0.1, 0.15) is 15.8 Å². The van der Waals surface area contributed by atoms with E-state index in [9.17, 15) is 9.59 Å². The lowest BCUT2D eigenvalue weighted by Gasteiger charge is -2.38. The Bertz CT molecular complexity index is 1230. The average Bonchev–Trinajstić information content (AvgIpc) is 3.39. The predicted octanol–water partition coefficient (Wildman–Crippen LogP) is 3.35. The molecular formula is C24H28N4O4S2. The molecule has 2 aromatic heterocycles. The van der Waals surface area contributed by atoms with E-state index in [0.29, 0.717) is 71.9 Å². The van der Waals surface area contributed by atoms with E-state index in [4.69, 9.17) is 26.7 Å². The number of nitrogens with zero attached hydrogens (tertiary/aromatic N) is 4. The number of carbonyl (C=O) groups excluding carboxylic acids is 1. The molecule has 0 aliphatic carbocycles. The SMILES string of the molecule is CCCCN1C(=O)/C(=C/c2c(N3CCC4(CC3)OCCO4)nc3c(C)cccn3c2=O)SC1=S. The summed E-state index contributed by atoms with van der Waals surface area (Å²) in [6, 6.07) is 3.77. The summed E-state index contributed by atoms with van der Waals surface area (Å²) in [5, 5.41) is 0. The van der Waals surface area contributed by atoms with Crippen molar-refractivity contribution in [2.45, 2.75) is 45.3 Å². The molecule has 1 amide bonds. The average molecular weight is 501 g/mol. The van der Waals surface area contributed by atoms with Gasteiger partial charge in [-0.3, -0.25) is 18.9 Å². The maximum absolute atomic E-state index is 13.7. The molecule has 0 N–H and O–H groups in total. The van der Waals surface area contributed by atoms with Crippen LogP contribution >= 0.6 is 24.0 Å². The van der Waals surface area contributed by atoms with E-state index in [2.05, 4.69) is 11.8 Å². The third-order valence-corrected chi connectivity index (χ3v) is 7.96. The molecule has 3 saturated heterocycles. The van der Waals surface area contributed by atoms with Crippen LogP contribution in [0.5, 0.6) is 0 Å². The fourth-order valence-electron chi connectivity index (χ4n) is 4.65. The lowest BCUT2D eigenvalue weighted by Crippen LogP contribution is -2.46. The second-order valence-corrected chi connectivity index (χ2v) is 10.5. The van der Waals surface area contributed by atoms with Crippen LogP contribution in [0.4, 0.5) is 5.82 Å². The van der Waals surface area contributed by atoms with E-state index in [1.54, 1.807) is 21.6 Å². The van der Waals surface area contributed by atoms with Crippen molar-refractivity contribution in [1.29, 1.82) is 0 Å². The molecule has 0 bridgehead atoms. The van der Waals surface area contributed by atoms with Gasteiger partial charge in [0.05, 0.1) is 23.7 Å². The van der Waals surface area contributed by atoms with Crippen LogP contribution in [0, 0.1) is 6.92 Å². The first-order valence-corrected chi connectivity index (χ1v) is 12.9. The van der Waals surface area contributed by atoms with Gasteiger partial charge in [-0.1, -0.05) is 43.4 Å². The van der Waals surface area contributed by atoms with Crippen LogP contribution in [0.25, 0.3) is 11.7 Å². The second kappa shape index (κ2) is 9.41. The van der Waals surface area contributed by atoms with Crippen molar-refractivity contribution in [3.05, 3.63) is 44.7 Å². The van der Waals surface area contributed by atoms with Crippen molar-refractivity contribution in [2.24, 2.45) is 0 Å². The zero-order chi connectivity index (χ0) is 23.9. The molecule has 180 valence electrons. The monoisotopic (exact) mass is 500 g/mol. The number of amides is 1. The zero-order valence-electron chi connectivity index (χ0n) is 19.4. The van der Waals surface area contributed by atoms with Gasteiger partial charge >= 0.3 is 0 Å². The van der Waals surface area contributed by atoms with Gasteiger partial charge in [-0.25, -0.2) is 4.98 Å². The highest BCUT2D eigenvalue weighted by Crippen LogP contribution is 2.36. The first-order valence-electron chi connectivity index (χ1n) is 11.7. The molecule has 0 aromatic carbocycles. The molecule has 0 radical (unpaired) electrons. The fraction of sp³-hybridized carbons (Fsp3) is 0.500. The minimum Gasteiger partial charge on any atom is -0.355 e. The number of carbonyl (C=O) groups is 1. The topological polar surface area (TPSA) is 76.4 Å². The summed E-state index contributed by atoms with van der Waals surface area (Å²) < 4.78 is 13.8. The van der Waals surface area contributed by atoms with Crippen LogP contribution < -0.4 is 10.5 Å². The summed E-state index contributed by atoms with van der Waals surface area (Å²) in [7, 11) is 0. The van der Waals surface area contributed by atoms with Gasteiger partial charge in [0, 0.05) is 38.7 Å². The largest absolute Gasteiger partial charge is 0.355 e. The first-order chi connectivity index (χ1) is 16.4. The smallest absolute Gasteiger partial charge is 0.267 e. The molecule has 1 spiro atoms. The lowest BCUT2D eigenvalue weighted by molar-refractivity contribution is -0.169. The van der Waals surface area contributed by atoms with Crippen molar-refractivity contribution >= 4 is 51.7 Å². The van der Waals surface area contributed by atoms with Gasteiger partial charge in [0.15, 0.2) is 5.79 Å². The van der Waals surface area contributed by atoms with Crippen molar-refractivity contribution in [1.82, 2.24) is 14.3 Å². The molecule has 5 rings (SSSR count). The number of fused-ring (bicyclic) bond motifs is 1. The summed E-state index contributed by atoms with van der Waals surface area (Å²) in [6.07, 6.45) is 6.64. The van der Waals surface area contributed by atoms with Crippen LogP contribution in [0.3, 0.4) is 0 Å². The van der Waals surface area contributed by atoms with E-state index in [-0.39, 0.29) is 11.5 Å². The Labute approximate surface area is 207 Å². The van der Waals surface area contributed by atoms with Gasteiger partial charge in [-0.2, -0.15) is 0 Å². The van der Waals surface area contributed by atoms with Gasteiger partial charge in [-0.05, 0) is 31.1 Å². The molecule has 0 atom stereocenters. The number of hydrogen-bond acceptors (Lipinski definition) is 8. The molecule has 0 saturated carbocycles. The lowest BCUT2D eigenvalue weighted by atomic mass is 10.0. The maximum Gasteiger partial charge on any atom is 0.267 e. The molecule has 34 heavy (non-hydrogen) atoms. The number of pyridine rings is 1. The highest BCUT2D eigenvalue weighted by atomic mass is 32.2. The molecule has 0 unspecified atom stereocenters. The van der Waals surface area contributed by atoms with Crippen LogP contribution in [0.2, 0.25) is 0 Å². The Morgan fingerprint density at radius 3 is 2.68 bits per heavy atom. The van der Waals surface area contributed by atoms with Crippen molar-refractivity contribution in [2.75, 3.05) is 37.7 Å². The summed E-state index contributed by atoms with van der Waals surface area (Å²) in [6.45, 7) is 7.12. The van der Waals surface area contributed by atoms with Crippen LogP contribution in [0.15, 0.2) is 28.0 Å². The summed E-state index contributed by atoms with van der Waals surface area (Å²) in [5.41, 5.74) is 1.73. The van der Waals surface area contributed by atoms with Gasteiger partial charge in [0.25, 0.3) is 11.5 Å². The molecular weight excluding hydrogens is 472 g/mol. The Morgan fingerprint density at radius 1 is 1.24 bits per heavy atom. The molecule has 3 aliphatic rings. The van der Waals surface area contributed by atoms with Crippen LogP contribution in [-0.2, 0) is 14.3 Å². The number of unbranched alkanes of at least 4 members (excludes halogenated alkanes) is 1. The van der Waals surface area contributed by atoms with E-state index >= 15 is 0 Å². The Morgan fingerprint density at radius 2 is 1.97 bits per heavy atom. The number of thioether (sulfide) groups is 1. The van der Waals surface area contributed by atoms with Crippen molar-refractivity contribution in [3.63, 3.8) is 0 Å². The fourth-order valence-corrected chi connectivity index (χ4v) is 5.94. The molecule has 2 aromatic rings. The van der Waals surface area contributed by atoms with E-state index in [1.807, 2.05) is 19.1 Å². The number of rotatable bonds is 5. The minimum atomic E-state index is -0.528. The summed E-state index contributed by atoms with van der Waals surface area (Å²) >= 11 is 6.71. The Hall–Kier alpha value is -2.27. The zero-order valence-corrected chi connectivity index (χ0v) is 21.0. The standard InChI is InChI=1S/C24H28N4O4S2/c1-3-4-9-28-22(30)18(34-23(28)33)15-17-20(25-19-16(2)6-5-10-27(19)21(17)29)26-11-7-24(8-12-26)31-13-14-32-24/h5-6,10,15H,3-4,7-9,11-14H2,1-2H3/b18-15-. The molecule has 5 heterocycles. The number of aryl methyl sites for hydroxylation is 1. The number of ether oxygens (including phenoxy) is 2.